The Morgan fingerprint density at radius 3 is 2.62 bits per heavy atom. The standard InChI is InChI=1S/C17H15Cl2N3O3S4/c18-13-8-11(15(19)28-13)12-9-27-17(20-12)21-16(23)10-3-5-22(6-4-10)29(24,25)14-2-1-7-26-14/h1-2,7-10H,3-6H2,(H,20,21,23). The molecule has 1 fully saturated rings. The number of nitrogens with zero attached hydrogens (tertiary/aromatic N) is 2. The van der Waals surface area contributed by atoms with Gasteiger partial charge in [-0.25, -0.2) is 13.4 Å². The molecule has 12 heteroatoms. The number of carbonyl (C=O) groups excluding carboxylic acids is 1. The Labute approximate surface area is 190 Å². The van der Waals surface area contributed by atoms with Crippen LogP contribution in [0.4, 0.5) is 5.13 Å². The van der Waals surface area contributed by atoms with Crippen molar-refractivity contribution in [3.05, 3.63) is 37.6 Å². The van der Waals surface area contributed by atoms with Gasteiger partial charge in [0.2, 0.25) is 5.91 Å². The molecule has 3 aromatic rings. The van der Waals surface area contributed by atoms with Crippen molar-refractivity contribution < 1.29 is 13.2 Å². The number of thiazole rings is 1. The van der Waals surface area contributed by atoms with Crippen LogP contribution in [0.5, 0.6) is 0 Å². The van der Waals surface area contributed by atoms with Gasteiger partial charge in [0, 0.05) is 30.0 Å². The number of sulfonamides is 1. The molecule has 1 saturated heterocycles. The number of nitrogens with one attached hydrogen (secondary N) is 1. The molecule has 0 unspecified atom stereocenters. The van der Waals surface area contributed by atoms with Crippen LogP contribution >= 0.6 is 57.2 Å². The van der Waals surface area contributed by atoms with Gasteiger partial charge in [0.25, 0.3) is 10.0 Å². The van der Waals surface area contributed by atoms with E-state index in [2.05, 4.69) is 10.3 Å². The number of rotatable bonds is 5. The zero-order valence-electron chi connectivity index (χ0n) is 14.8. The summed E-state index contributed by atoms with van der Waals surface area (Å²) in [5.41, 5.74) is 1.40. The van der Waals surface area contributed by atoms with E-state index in [4.69, 9.17) is 23.2 Å². The maximum absolute atomic E-state index is 12.6. The summed E-state index contributed by atoms with van der Waals surface area (Å²) in [4.78, 5) is 17.0. The fraction of sp³-hybridized carbons (Fsp3) is 0.294. The van der Waals surface area contributed by atoms with Crippen LogP contribution < -0.4 is 5.32 Å². The minimum atomic E-state index is -3.47. The van der Waals surface area contributed by atoms with Gasteiger partial charge in [-0.3, -0.25) is 4.79 Å². The predicted octanol–water partition coefficient (Wildman–Crippen LogP) is 5.28. The lowest BCUT2D eigenvalue weighted by Crippen LogP contribution is -2.41. The van der Waals surface area contributed by atoms with Gasteiger partial charge in [0.15, 0.2) is 5.13 Å². The number of hydrogen-bond donors (Lipinski definition) is 1. The zero-order chi connectivity index (χ0) is 20.6. The number of amides is 1. The molecule has 0 spiro atoms. The van der Waals surface area contributed by atoms with Crippen molar-refractivity contribution in [2.24, 2.45) is 5.92 Å². The number of thiophene rings is 2. The van der Waals surface area contributed by atoms with E-state index in [1.807, 2.05) is 5.38 Å². The predicted molar refractivity (Wildman–Crippen MR) is 120 cm³/mol. The molecule has 4 rings (SSSR count). The fourth-order valence-corrected chi connectivity index (χ4v) is 7.88. The van der Waals surface area contributed by atoms with Gasteiger partial charge >= 0.3 is 0 Å². The molecule has 6 nitrogen and oxygen atoms in total. The Balaban J connectivity index is 1.37. The molecular weight excluding hydrogens is 493 g/mol. The van der Waals surface area contributed by atoms with Crippen LogP contribution in [0, 0.1) is 5.92 Å². The summed E-state index contributed by atoms with van der Waals surface area (Å²) in [5.74, 6) is -0.398. The average molecular weight is 508 g/mol. The topological polar surface area (TPSA) is 79.4 Å². The molecule has 1 amide bonds. The Kier molecular flexibility index (Phi) is 6.31. The monoisotopic (exact) mass is 507 g/mol. The van der Waals surface area contributed by atoms with E-state index in [-0.39, 0.29) is 11.8 Å². The first-order valence-electron chi connectivity index (χ1n) is 8.60. The lowest BCUT2D eigenvalue weighted by molar-refractivity contribution is -0.120. The highest BCUT2D eigenvalue weighted by Gasteiger charge is 2.32. The van der Waals surface area contributed by atoms with Crippen LogP contribution in [0.2, 0.25) is 8.67 Å². The number of anilines is 1. The molecule has 0 radical (unpaired) electrons. The van der Waals surface area contributed by atoms with Crippen molar-refractivity contribution in [3.8, 4) is 11.3 Å². The lowest BCUT2D eigenvalue weighted by atomic mass is 9.97. The highest BCUT2D eigenvalue weighted by molar-refractivity contribution is 7.91. The Bertz CT molecular complexity index is 1120. The van der Waals surface area contributed by atoms with E-state index in [9.17, 15) is 13.2 Å². The van der Waals surface area contributed by atoms with Crippen molar-refractivity contribution in [1.82, 2.24) is 9.29 Å². The van der Waals surface area contributed by atoms with Crippen LogP contribution in [0.15, 0.2) is 33.2 Å². The summed E-state index contributed by atoms with van der Waals surface area (Å²) in [5, 5.41) is 6.88. The second-order valence-electron chi connectivity index (χ2n) is 6.38. The first kappa shape index (κ1) is 21.2. The second-order valence-corrected chi connectivity index (χ2v) is 12.6. The van der Waals surface area contributed by atoms with Gasteiger partial charge in [0.1, 0.15) is 8.55 Å². The first-order valence-corrected chi connectivity index (χ1v) is 13.4. The summed E-state index contributed by atoms with van der Waals surface area (Å²) < 4.78 is 28.1. The zero-order valence-corrected chi connectivity index (χ0v) is 19.6. The fourth-order valence-electron chi connectivity index (χ4n) is 3.07. The number of aromatic nitrogens is 1. The Morgan fingerprint density at radius 2 is 2.00 bits per heavy atom. The summed E-state index contributed by atoms with van der Waals surface area (Å²) in [6.07, 6.45) is 0.946. The SMILES string of the molecule is O=C(Nc1nc(-c2cc(Cl)sc2Cl)cs1)C1CCN(S(=O)(=O)c2cccs2)CC1. The summed E-state index contributed by atoms with van der Waals surface area (Å²) >= 11 is 15.9. The van der Waals surface area contributed by atoms with E-state index in [0.29, 0.717) is 49.6 Å². The molecule has 4 heterocycles. The van der Waals surface area contributed by atoms with Crippen molar-refractivity contribution in [3.63, 3.8) is 0 Å². The third-order valence-corrected chi connectivity index (χ3v) is 10.1. The maximum atomic E-state index is 12.6. The summed E-state index contributed by atoms with van der Waals surface area (Å²) in [7, 11) is -3.47. The number of piperidine rings is 1. The molecule has 0 aromatic carbocycles. The summed E-state index contributed by atoms with van der Waals surface area (Å²) in [6, 6.07) is 5.07. The van der Waals surface area contributed by atoms with Crippen molar-refractivity contribution in [2.75, 3.05) is 18.4 Å². The van der Waals surface area contributed by atoms with Gasteiger partial charge in [-0.05, 0) is 30.4 Å². The van der Waals surface area contributed by atoms with E-state index in [0.717, 1.165) is 5.56 Å². The third-order valence-electron chi connectivity index (χ3n) is 4.58. The van der Waals surface area contributed by atoms with Crippen molar-refractivity contribution >= 4 is 78.3 Å². The molecule has 1 aliphatic heterocycles. The molecule has 0 atom stereocenters. The minimum absolute atomic E-state index is 0.145. The van der Waals surface area contributed by atoms with Crippen LogP contribution in [0.3, 0.4) is 0 Å². The number of hydrogen-bond acceptors (Lipinski definition) is 7. The van der Waals surface area contributed by atoms with Gasteiger partial charge in [0.05, 0.1) is 10.0 Å². The van der Waals surface area contributed by atoms with E-state index in [1.165, 1.54) is 38.3 Å². The van der Waals surface area contributed by atoms with E-state index < -0.39 is 10.0 Å². The first-order chi connectivity index (χ1) is 13.8. The maximum Gasteiger partial charge on any atom is 0.252 e. The van der Waals surface area contributed by atoms with E-state index in [1.54, 1.807) is 23.6 Å². The van der Waals surface area contributed by atoms with Crippen LogP contribution in [0.1, 0.15) is 12.8 Å². The number of halogens is 2. The Morgan fingerprint density at radius 1 is 1.24 bits per heavy atom. The largest absolute Gasteiger partial charge is 0.302 e. The van der Waals surface area contributed by atoms with E-state index >= 15 is 0 Å². The van der Waals surface area contributed by atoms with Crippen molar-refractivity contribution in [2.45, 2.75) is 17.1 Å². The van der Waals surface area contributed by atoms with Crippen molar-refractivity contribution in [1.29, 1.82) is 0 Å². The second kappa shape index (κ2) is 8.62. The molecule has 0 aliphatic carbocycles. The quantitative estimate of drug-likeness (QED) is 0.509. The van der Waals surface area contributed by atoms with Crippen LogP contribution in [-0.4, -0.2) is 36.7 Å². The van der Waals surface area contributed by atoms with Crippen LogP contribution in [0.25, 0.3) is 11.3 Å². The van der Waals surface area contributed by atoms with Crippen LogP contribution in [-0.2, 0) is 14.8 Å². The normalized spacial score (nSPS) is 16.2. The third kappa shape index (κ3) is 4.53. The minimum Gasteiger partial charge on any atom is -0.302 e. The summed E-state index contributed by atoms with van der Waals surface area (Å²) in [6.45, 7) is 0.648. The highest BCUT2D eigenvalue weighted by Crippen LogP contribution is 2.39. The smallest absolute Gasteiger partial charge is 0.252 e. The van der Waals surface area contributed by atoms with Gasteiger partial charge in [-0.2, -0.15) is 4.31 Å². The Hall–Kier alpha value is -1.01. The molecular formula is C17H15Cl2N3O3S4. The molecule has 0 saturated carbocycles. The molecule has 29 heavy (non-hydrogen) atoms. The molecule has 0 bridgehead atoms. The number of carbonyl (C=O) groups is 1. The molecule has 3 aromatic heterocycles. The molecule has 154 valence electrons. The highest BCUT2D eigenvalue weighted by atomic mass is 35.5. The van der Waals surface area contributed by atoms with Gasteiger partial charge in [-0.1, -0.05) is 29.3 Å². The molecule has 1 aliphatic rings. The lowest BCUT2D eigenvalue weighted by Gasteiger charge is -2.29. The molecule has 1 N–H and O–H groups in total. The van der Waals surface area contributed by atoms with Gasteiger partial charge in [-0.15, -0.1) is 34.0 Å². The average Bonchev–Trinajstić information content (AvgIpc) is 3.43. The van der Waals surface area contributed by atoms with Gasteiger partial charge < -0.3 is 5.32 Å².